The third kappa shape index (κ3) is 1.88. The number of halogens is 5. The summed E-state index contributed by atoms with van der Waals surface area (Å²) in [6.45, 7) is 0. The molecule has 0 N–H and O–H groups in total. The summed E-state index contributed by atoms with van der Waals surface area (Å²) in [4.78, 5) is 0. The molecule has 104 valence electrons. The smallest absolute Gasteiger partial charge is 0.200 e. The second-order valence-corrected chi connectivity index (χ2v) is 4.84. The van der Waals surface area contributed by atoms with E-state index in [0.29, 0.717) is 6.42 Å². The standard InChI is InChI=1S/C15H9F5/c16-11-10(12(17)14(19)15(20)13(11)18)9-6-8(9)7-4-2-1-3-5-7/h1-5,8-9H,6H2/t8-,9+/m1/s1. The zero-order valence-corrected chi connectivity index (χ0v) is 10.1. The average molecular weight is 284 g/mol. The fourth-order valence-corrected chi connectivity index (χ4v) is 2.53. The monoisotopic (exact) mass is 284 g/mol. The van der Waals surface area contributed by atoms with Crippen LogP contribution < -0.4 is 0 Å². The molecule has 0 spiro atoms. The SMILES string of the molecule is Fc1c(F)c(F)c([C@H]2C[C@@H]2c2ccccc2)c(F)c1F. The van der Waals surface area contributed by atoms with Crippen LogP contribution in [0, 0.1) is 29.1 Å². The van der Waals surface area contributed by atoms with E-state index in [1.165, 1.54) is 0 Å². The Hall–Kier alpha value is -1.91. The zero-order chi connectivity index (χ0) is 14.4. The highest BCUT2D eigenvalue weighted by Gasteiger charge is 2.45. The van der Waals surface area contributed by atoms with Gasteiger partial charge in [0.1, 0.15) is 0 Å². The van der Waals surface area contributed by atoms with E-state index >= 15 is 0 Å². The third-order valence-electron chi connectivity index (χ3n) is 3.63. The Bertz CT molecular complexity index is 637. The van der Waals surface area contributed by atoms with E-state index in [-0.39, 0.29) is 5.92 Å². The van der Waals surface area contributed by atoms with Crippen LogP contribution in [0.2, 0.25) is 0 Å². The number of rotatable bonds is 2. The van der Waals surface area contributed by atoms with Gasteiger partial charge in [-0.2, -0.15) is 0 Å². The lowest BCUT2D eigenvalue weighted by Gasteiger charge is -2.08. The molecule has 1 aliphatic carbocycles. The van der Waals surface area contributed by atoms with Crippen molar-refractivity contribution in [3.8, 4) is 0 Å². The van der Waals surface area contributed by atoms with Crippen molar-refractivity contribution in [2.45, 2.75) is 18.3 Å². The molecule has 0 saturated heterocycles. The van der Waals surface area contributed by atoms with Crippen molar-refractivity contribution in [3.63, 3.8) is 0 Å². The van der Waals surface area contributed by atoms with E-state index in [1.807, 2.05) is 0 Å². The van der Waals surface area contributed by atoms with Gasteiger partial charge >= 0.3 is 0 Å². The first-order valence-corrected chi connectivity index (χ1v) is 6.08. The van der Waals surface area contributed by atoms with Crippen molar-refractivity contribution in [2.24, 2.45) is 0 Å². The summed E-state index contributed by atoms with van der Waals surface area (Å²) < 4.78 is 66.6. The molecule has 1 fully saturated rings. The molecule has 2 aromatic carbocycles. The molecule has 0 aromatic heterocycles. The van der Waals surface area contributed by atoms with Crippen LogP contribution in [0.4, 0.5) is 22.0 Å². The molecule has 1 saturated carbocycles. The molecule has 0 bridgehead atoms. The van der Waals surface area contributed by atoms with Gasteiger partial charge in [0.2, 0.25) is 5.82 Å². The van der Waals surface area contributed by atoms with Gasteiger partial charge in [-0.1, -0.05) is 30.3 Å². The van der Waals surface area contributed by atoms with Crippen LogP contribution in [0.1, 0.15) is 29.4 Å². The first-order valence-electron chi connectivity index (χ1n) is 6.08. The summed E-state index contributed by atoms with van der Waals surface area (Å²) in [6, 6.07) is 8.87. The molecule has 2 atom stereocenters. The molecule has 3 rings (SSSR count). The van der Waals surface area contributed by atoms with Gasteiger partial charge in [0.15, 0.2) is 23.3 Å². The molecular weight excluding hydrogens is 275 g/mol. The molecule has 0 nitrogen and oxygen atoms in total. The summed E-state index contributed by atoms with van der Waals surface area (Å²) in [5, 5.41) is 0. The number of benzene rings is 2. The van der Waals surface area contributed by atoms with Crippen LogP contribution in [0.5, 0.6) is 0 Å². The van der Waals surface area contributed by atoms with Crippen molar-refractivity contribution in [1.29, 1.82) is 0 Å². The van der Waals surface area contributed by atoms with Crippen LogP contribution in [-0.2, 0) is 0 Å². The molecular formula is C15H9F5. The Labute approximate surface area is 111 Å². The van der Waals surface area contributed by atoms with Crippen molar-refractivity contribution < 1.29 is 22.0 Å². The maximum absolute atomic E-state index is 13.7. The summed E-state index contributed by atoms with van der Waals surface area (Å²) >= 11 is 0. The molecule has 0 amide bonds. The Morgan fingerprint density at radius 1 is 0.650 bits per heavy atom. The Balaban J connectivity index is 2.02. The van der Waals surface area contributed by atoms with Crippen LogP contribution in [0.15, 0.2) is 30.3 Å². The minimum Gasteiger partial charge on any atom is -0.203 e. The van der Waals surface area contributed by atoms with Crippen molar-refractivity contribution >= 4 is 0 Å². The lowest BCUT2D eigenvalue weighted by molar-refractivity contribution is 0.370. The minimum absolute atomic E-state index is 0.204. The Morgan fingerprint density at radius 2 is 1.15 bits per heavy atom. The number of hydrogen-bond donors (Lipinski definition) is 0. The van der Waals surface area contributed by atoms with Crippen molar-refractivity contribution in [2.75, 3.05) is 0 Å². The van der Waals surface area contributed by atoms with Gasteiger partial charge < -0.3 is 0 Å². The van der Waals surface area contributed by atoms with E-state index in [1.54, 1.807) is 30.3 Å². The van der Waals surface area contributed by atoms with Crippen LogP contribution in [-0.4, -0.2) is 0 Å². The van der Waals surface area contributed by atoms with Crippen molar-refractivity contribution in [3.05, 3.63) is 70.5 Å². The lowest BCUT2D eigenvalue weighted by Crippen LogP contribution is -2.06. The third-order valence-corrected chi connectivity index (χ3v) is 3.63. The highest BCUT2D eigenvalue weighted by molar-refractivity contribution is 5.38. The van der Waals surface area contributed by atoms with Gasteiger partial charge in [0.25, 0.3) is 0 Å². The summed E-state index contributed by atoms with van der Waals surface area (Å²) in [6.07, 6.45) is 0.377. The van der Waals surface area contributed by atoms with Crippen LogP contribution in [0.3, 0.4) is 0 Å². The van der Waals surface area contributed by atoms with E-state index < -0.39 is 40.6 Å². The molecule has 2 aromatic rings. The van der Waals surface area contributed by atoms with E-state index in [9.17, 15) is 22.0 Å². The molecule has 20 heavy (non-hydrogen) atoms. The van der Waals surface area contributed by atoms with E-state index in [2.05, 4.69) is 0 Å². The van der Waals surface area contributed by atoms with Crippen molar-refractivity contribution in [1.82, 2.24) is 0 Å². The highest BCUT2D eigenvalue weighted by atomic mass is 19.2. The second kappa shape index (κ2) is 4.58. The first kappa shape index (κ1) is 13.1. The maximum Gasteiger partial charge on any atom is 0.200 e. The van der Waals surface area contributed by atoms with Crippen LogP contribution >= 0.6 is 0 Å². The normalized spacial score (nSPS) is 21.1. The molecule has 0 heterocycles. The second-order valence-electron chi connectivity index (χ2n) is 4.84. The van der Waals surface area contributed by atoms with Gasteiger partial charge in [-0.15, -0.1) is 0 Å². The van der Waals surface area contributed by atoms with Crippen LogP contribution in [0.25, 0.3) is 0 Å². The highest BCUT2D eigenvalue weighted by Crippen LogP contribution is 2.56. The maximum atomic E-state index is 13.7. The van der Waals surface area contributed by atoms with Gasteiger partial charge in [-0.25, -0.2) is 22.0 Å². The van der Waals surface area contributed by atoms with E-state index in [0.717, 1.165) is 5.56 Å². The van der Waals surface area contributed by atoms with Gasteiger partial charge in [0, 0.05) is 5.56 Å². The predicted octanol–water partition coefficient (Wildman–Crippen LogP) is 4.65. The summed E-state index contributed by atoms with van der Waals surface area (Å²) in [5.41, 5.74) is 0.136. The first-order chi connectivity index (χ1) is 9.52. The Kier molecular flexibility index (Phi) is 3.00. The largest absolute Gasteiger partial charge is 0.203 e. The predicted molar refractivity (Wildman–Crippen MR) is 62.8 cm³/mol. The van der Waals surface area contributed by atoms with Gasteiger partial charge in [-0.3, -0.25) is 0 Å². The molecule has 0 aliphatic heterocycles. The fraction of sp³-hybridized carbons (Fsp3) is 0.200. The molecule has 5 heteroatoms. The molecule has 1 aliphatic rings. The van der Waals surface area contributed by atoms with Gasteiger partial charge in [-0.05, 0) is 23.8 Å². The quantitative estimate of drug-likeness (QED) is 0.427. The molecule has 0 unspecified atom stereocenters. The van der Waals surface area contributed by atoms with E-state index in [4.69, 9.17) is 0 Å². The summed E-state index contributed by atoms with van der Waals surface area (Å²) in [5.74, 6) is -10.2. The molecule has 0 radical (unpaired) electrons. The summed E-state index contributed by atoms with van der Waals surface area (Å²) in [7, 11) is 0. The zero-order valence-electron chi connectivity index (χ0n) is 10.1. The fourth-order valence-electron chi connectivity index (χ4n) is 2.53. The average Bonchev–Trinajstić information content (AvgIpc) is 3.24. The van der Waals surface area contributed by atoms with Gasteiger partial charge in [0.05, 0.1) is 0 Å². The lowest BCUT2D eigenvalue weighted by atomic mass is 10.0. The number of hydrogen-bond acceptors (Lipinski definition) is 0. The Morgan fingerprint density at radius 3 is 1.70 bits per heavy atom. The minimum atomic E-state index is -2.11. The topological polar surface area (TPSA) is 0 Å².